The first-order valence-electron chi connectivity index (χ1n) is 8.60. The maximum absolute atomic E-state index is 5.44. The summed E-state index contributed by atoms with van der Waals surface area (Å²) in [5, 5.41) is 6.73. The number of methoxy groups -OCH3 is 1. The minimum Gasteiger partial charge on any atom is -0.382 e. The number of likely N-dealkylation sites (tertiary alicyclic amines) is 1. The van der Waals surface area contributed by atoms with E-state index >= 15 is 0 Å². The lowest BCUT2D eigenvalue weighted by molar-refractivity contribution is 0.0689. The van der Waals surface area contributed by atoms with Crippen molar-refractivity contribution in [3.05, 3.63) is 0 Å². The van der Waals surface area contributed by atoms with E-state index in [4.69, 9.17) is 9.47 Å². The predicted molar refractivity (Wildman–Crippen MR) is 91.6 cm³/mol. The van der Waals surface area contributed by atoms with Gasteiger partial charge >= 0.3 is 0 Å². The van der Waals surface area contributed by atoms with Crippen LogP contribution in [0.15, 0.2) is 4.99 Å². The molecule has 0 bridgehead atoms. The van der Waals surface area contributed by atoms with Gasteiger partial charge in [0, 0.05) is 40.4 Å². The number of aliphatic imine (C=N–C) groups is 1. The van der Waals surface area contributed by atoms with Crippen LogP contribution in [0.25, 0.3) is 0 Å². The Morgan fingerprint density at radius 1 is 1.00 bits per heavy atom. The largest absolute Gasteiger partial charge is 0.382 e. The lowest BCUT2D eigenvalue weighted by atomic mass is 10.1. The Hall–Kier alpha value is -0.850. The molecule has 6 heteroatoms. The zero-order chi connectivity index (χ0) is 15.9. The maximum atomic E-state index is 5.44. The molecule has 0 amide bonds. The molecule has 22 heavy (non-hydrogen) atoms. The van der Waals surface area contributed by atoms with E-state index in [0.717, 1.165) is 45.0 Å². The first-order chi connectivity index (χ1) is 10.9. The Labute approximate surface area is 135 Å². The van der Waals surface area contributed by atoms with Crippen molar-refractivity contribution in [1.82, 2.24) is 15.5 Å². The molecule has 1 aliphatic rings. The van der Waals surface area contributed by atoms with E-state index in [0.29, 0.717) is 13.2 Å². The number of nitrogens with zero attached hydrogens (tertiary/aromatic N) is 2. The minimum atomic E-state index is 0.672. The molecule has 0 aromatic rings. The van der Waals surface area contributed by atoms with Crippen molar-refractivity contribution in [1.29, 1.82) is 0 Å². The molecule has 1 aliphatic heterocycles. The smallest absolute Gasteiger partial charge is 0.191 e. The highest BCUT2D eigenvalue weighted by molar-refractivity contribution is 5.79. The van der Waals surface area contributed by atoms with E-state index in [1.54, 1.807) is 7.11 Å². The van der Waals surface area contributed by atoms with Gasteiger partial charge in [0.05, 0.1) is 13.2 Å². The molecule has 0 aromatic carbocycles. The van der Waals surface area contributed by atoms with E-state index in [9.17, 15) is 0 Å². The summed E-state index contributed by atoms with van der Waals surface area (Å²) in [5.41, 5.74) is 0. The summed E-state index contributed by atoms with van der Waals surface area (Å²) in [6.07, 6.45) is 6.22. The molecule has 1 fully saturated rings. The van der Waals surface area contributed by atoms with Crippen LogP contribution in [0.5, 0.6) is 0 Å². The van der Waals surface area contributed by atoms with E-state index in [2.05, 4.69) is 20.5 Å². The highest BCUT2D eigenvalue weighted by Crippen LogP contribution is 2.07. The minimum absolute atomic E-state index is 0.672. The summed E-state index contributed by atoms with van der Waals surface area (Å²) in [4.78, 5) is 6.79. The highest BCUT2D eigenvalue weighted by atomic mass is 16.5. The Morgan fingerprint density at radius 3 is 2.50 bits per heavy atom. The van der Waals surface area contributed by atoms with Crippen molar-refractivity contribution in [2.75, 3.05) is 66.7 Å². The second-order valence-electron chi connectivity index (χ2n) is 5.64. The van der Waals surface area contributed by atoms with Crippen LogP contribution < -0.4 is 10.6 Å². The van der Waals surface area contributed by atoms with Crippen LogP contribution in [-0.2, 0) is 9.47 Å². The quantitative estimate of drug-likeness (QED) is 0.339. The molecule has 1 heterocycles. The van der Waals surface area contributed by atoms with Gasteiger partial charge in [0.1, 0.15) is 0 Å². The van der Waals surface area contributed by atoms with Crippen molar-refractivity contribution in [2.24, 2.45) is 4.99 Å². The van der Waals surface area contributed by atoms with Crippen LogP contribution >= 0.6 is 0 Å². The fourth-order valence-corrected chi connectivity index (χ4v) is 2.52. The third-order valence-corrected chi connectivity index (χ3v) is 3.83. The van der Waals surface area contributed by atoms with Crippen molar-refractivity contribution < 1.29 is 9.47 Å². The average Bonchev–Trinajstić information content (AvgIpc) is 2.56. The van der Waals surface area contributed by atoms with Gasteiger partial charge in [-0.25, -0.2) is 0 Å². The van der Waals surface area contributed by atoms with Crippen LogP contribution in [0.4, 0.5) is 0 Å². The second kappa shape index (κ2) is 13.8. The average molecular weight is 314 g/mol. The van der Waals surface area contributed by atoms with Crippen LogP contribution in [0.1, 0.15) is 32.1 Å². The number of nitrogens with one attached hydrogen (secondary N) is 2. The lowest BCUT2D eigenvalue weighted by Gasteiger charge is -2.26. The Bertz CT molecular complexity index is 281. The summed E-state index contributed by atoms with van der Waals surface area (Å²) < 4.78 is 10.4. The molecule has 0 unspecified atom stereocenters. The number of hydrogen-bond acceptors (Lipinski definition) is 4. The van der Waals surface area contributed by atoms with Gasteiger partial charge in [-0.1, -0.05) is 6.42 Å². The lowest BCUT2D eigenvalue weighted by Crippen LogP contribution is -2.42. The van der Waals surface area contributed by atoms with Crippen molar-refractivity contribution in [3.63, 3.8) is 0 Å². The van der Waals surface area contributed by atoms with E-state index in [1.165, 1.54) is 32.4 Å². The molecule has 6 nitrogen and oxygen atoms in total. The van der Waals surface area contributed by atoms with Gasteiger partial charge in [0.15, 0.2) is 5.96 Å². The summed E-state index contributed by atoms with van der Waals surface area (Å²) in [7, 11) is 3.52. The van der Waals surface area contributed by atoms with Crippen molar-refractivity contribution in [2.45, 2.75) is 32.1 Å². The molecule has 130 valence electrons. The SMILES string of the molecule is CN=C(NCCCCOCCOC)NCCN1CCCCC1. The molecule has 0 spiro atoms. The summed E-state index contributed by atoms with van der Waals surface area (Å²) in [5.74, 6) is 0.900. The fraction of sp³-hybridized carbons (Fsp3) is 0.938. The first kappa shape index (κ1) is 19.2. The van der Waals surface area contributed by atoms with Gasteiger partial charge in [0.25, 0.3) is 0 Å². The van der Waals surface area contributed by atoms with Gasteiger partial charge in [0.2, 0.25) is 0 Å². The monoisotopic (exact) mass is 314 g/mol. The third kappa shape index (κ3) is 9.97. The molecule has 1 saturated heterocycles. The zero-order valence-electron chi connectivity index (χ0n) is 14.4. The fourth-order valence-electron chi connectivity index (χ4n) is 2.52. The predicted octanol–water partition coefficient (Wildman–Crippen LogP) is 1.08. The number of piperidine rings is 1. The maximum Gasteiger partial charge on any atom is 0.191 e. The second-order valence-corrected chi connectivity index (χ2v) is 5.64. The summed E-state index contributed by atoms with van der Waals surface area (Å²) >= 11 is 0. The number of rotatable bonds is 11. The van der Waals surface area contributed by atoms with Crippen molar-refractivity contribution in [3.8, 4) is 0 Å². The summed E-state index contributed by atoms with van der Waals surface area (Å²) in [6, 6.07) is 0. The van der Waals surface area contributed by atoms with E-state index in [-0.39, 0.29) is 0 Å². The molecular formula is C16H34N4O2. The molecule has 0 radical (unpaired) electrons. The number of ether oxygens (including phenoxy) is 2. The van der Waals surface area contributed by atoms with Crippen LogP contribution in [-0.4, -0.2) is 77.6 Å². The van der Waals surface area contributed by atoms with Gasteiger partial charge in [-0.3, -0.25) is 4.99 Å². The molecule has 0 saturated carbocycles. The molecule has 2 N–H and O–H groups in total. The van der Waals surface area contributed by atoms with E-state index in [1.807, 2.05) is 7.05 Å². The highest BCUT2D eigenvalue weighted by Gasteiger charge is 2.09. The Morgan fingerprint density at radius 2 is 1.77 bits per heavy atom. The third-order valence-electron chi connectivity index (χ3n) is 3.83. The Kier molecular flexibility index (Phi) is 12.0. The first-order valence-corrected chi connectivity index (χ1v) is 8.60. The van der Waals surface area contributed by atoms with Gasteiger partial charge in [-0.2, -0.15) is 0 Å². The van der Waals surface area contributed by atoms with E-state index < -0.39 is 0 Å². The normalized spacial score (nSPS) is 16.7. The number of hydrogen-bond donors (Lipinski definition) is 2. The summed E-state index contributed by atoms with van der Waals surface area (Å²) in [6.45, 7) is 7.64. The number of guanidine groups is 1. The van der Waals surface area contributed by atoms with Crippen LogP contribution in [0.3, 0.4) is 0 Å². The molecule has 1 rings (SSSR count). The van der Waals surface area contributed by atoms with Gasteiger partial charge in [-0.05, 0) is 38.8 Å². The van der Waals surface area contributed by atoms with Gasteiger partial charge in [-0.15, -0.1) is 0 Å². The van der Waals surface area contributed by atoms with Crippen LogP contribution in [0.2, 0.25) is 0 Å². The molecule has 0 atom stereocenters. The number of unbranched alkanes of at least 4 members (excludes halogenated alkanes) is 1. The van der Waals surface area contributed by atoms with Crippen molar-refractivity contribution >= 4 is 5.96 Å². The molecule has 0 aromatic heterocycles. The topological polar surface area (TPSA) is 58.1 Å². The van der Waals surface area contributed by atoms with Crippen LogP contribution in [0, 0.1) is 0 Å². The van der Waals surface area contributed by atoms with Gasteiger partial charge < -0.3 is 25.0 Å². The Balaban J connectivity index is 1.93. The standard InChI is InChI=1S/C16H34N4O2/c1-17-16(18-8-4-7-13-22-15-14-21-2)19-9-12-20-10-5-3-6-11-20/h3-15H2,1-2H3,(H2,17,18,19). The molecular weight excluding hydrogens is 280 g/mol. The zero-order valence-corrected chi connectivity index (χ0v) is 14.4. The molecule has 0 aliphatic carbocycles.